The van der Waals surface area contributed by atoms with Crippen molar-refractivity contribution in [1.82, 2.24) is 10.2 Å². The summed E-state index contributed by atoms with van der Waals surface area (Å²) in [5.74, 6) is 0.942. The lowest BCUT2D eigenvalue weighted by Crippen LogP contribution is -2.45. The van der Waals surface area contributed by atoms with Crippen LogP contribution in [-0.2, 0) is 6.61 Å². The third-order valence-corrected chi connectivity index (χ3v) is 5.07. The van der Waals surface area contributed by atoms with Gasteiger partial charge in [-0.2, -0.15) is 0 Å². The van der Waals surface area contributed by atoms with Gasteiger partial charge in [0.2, 0.25) is 0 Å². The van der Waals surface area contributed by atoms with Gasteiger partial charge in [0.15, 0.2) is 0 Å². The molecule has 1 heterocycles. The molecule has 0 saturated carbocycles. The topological polar surface area (TPSA) is 24.5 Å². The van der Waals surface area contributed by atoms with Crippen LogP contribution in [0.5, 0.6) is 5.75 Å². The van der Waals surface area contributed by atoms with E-state index in [0.29, 0.717) is 13.0 Å². The monoisotopic (exact) mass is 392 g/mol. The summed E-state index contributed by atoms with van der Waals surface area (Å²) in [7, 11) is 0. The second-order valence-electron chi connectivity index (χ2n) is 7.04. The maximum absolute atomic E-state index is 13.2. The number of hydrogen-bond donors (Lipinski definition) is 1. The highest BCUT2D eigenvalue weighted by Crippen LogP contribution is 2.32. The minimum absolute atomic E-state index is 0. The van der Waals surface area contributed by atoms with Gasteiger partial charge >= 0.3 is 0 Å². The van der Waals surface area contributed by atoms with Gasteiger partial charge in [-0.15, -0.1) is 12.4 Å². The summed E-state index contributed by atoms with van der Waals surface area (Å²) in [6.45, 7) is 8.32. The average molecular weight is 393 g/mol. The first-order valence-corrected chi connectivity index (χ1v) is 9.47. The lowest BCUT2D eigenvalue weighted by molar-refractivity contribution is 0.157. The third-order valence-electron chi connectivity index (χ3n) is 5.07. The van der Waals surface area contributed by atoms with Crippen molar-refractivity contribution >= 4 is 12.4 Å². The number of aryl methyl sites for hydroxylation is 2. The fourth-order valence-corrected chi connectivity index (χ4v) is 3.79. The smallest absolute Gasteiger partial charge is 0.125 e. The van der Waals surface area contributed by atoms with Crippen LogP contribution in [0.25, 0.3) is 0 Å². The molecule has 148 valence electrons. The van der Waals surface area contributed by atoms with Crippen LogP contribution in [0.1, 0.15) is 34.7 Å². The molecule has 2 aromatic rings. The number of rotatable bonds is 7. The van der Waals surface area contributed by atoms with E-state index in [4.69, 9.17) is 4.74 Å². The van der Waals surface area contributed by atoms with E-state index in [1.54, 1.807) is 0 Å². The zero-order chi connectivity index (χ0) is 18.4. The van der Waals surface area contributed by atoms with E-state index < -0.39 is 0 Å². The zero-order valence-corrected chi connectivity index (χ0v) is 17.0. The Balaban J connectivity index is 0.00000261. The van der Waals surface area contributed by atoms with E-state index >= 15 is 0 Å². The van der Waals surface area contributed by atoms with Crippen molar-refractivity contribution in [2.45, 2.75) is 32.9 Å². The fourth-order valence-electron chi connectivity index (χ4n) is 3.79. The van der Waals surface area contributed by atoms with Crippen LogP contribution in [0, 0.1) is 13.8 Å². The summed E-state index contributed by atoms with van der Waals surface area (Å²) >= 11 is 0. The zero-order valence-electron chi connectivity index (χ0n) is 16.2. The van der Waals surface area contributed by atoms with E-state index in [-0.39, 0.29) is 25.1 Å². The van der Waals surface area contributed by atoms with E-state index in [1.165, 1.54) is 5.56 Å². The highest BCUT2D eigenvalue weighted by atomic mass is 35.5. The number of nitrogens with zero attached hydrogens (tertiary/aromatic N) is 1. The summed E-state index contributed by atoms with van der Waals surface area (Å²) in [5, 5.41) is 3.37. The van der Waals surface area contributed by atoms with Crippen LogP contribution in [0.15, 0.2) is 42.5 Å². The predicted molar refractivity (Wildman–Crippen MR) is 112 cm³/mol. The first-order valence-electron chi connectivity index (χ1n) is 9.47. The van der Waals surface area contributed by atoms with Gasteiger partial charge in [-0.05, 0) is 42.5 Å². The minimum atomic E-state index is -0.293. The van der Waals surface area contributed by atoms with Crippen LogP contribution in [0.2, 0.25) is 0 Å². The number of alkyl halides is 1. The van der Waals surface area contributed by atoms with Gasteiger partial charge in [0.05, 0.1) is 6.67 Å². The number of piperazine rings is 1. The maximum atomic E-state index is 13.2. The van der Waals surface area contributed by atoms with Gasteiger partial charge in [-0.1, -0.05) is 42.5 Å². The van der Waals surface area contributed by atoms with Gasteiger partial charge in [0, 0.05) is 32.2 Å². The van der Waals surface area contributed by atoms with Crippen molar-refractivity contribution in [2.24, 2.45) is 0 Å². The number of nitrogens with one attached hydrogen (secondary N) is 1. The summed E-state index contributed by atoms with van der Waals surface area (Å²) in [4.78, 5) is 2.40. The third kappa shape index (κ3) is 5.68. The first-order chi connectivity index (χ1) is 12.7. The Morgan fingerprint density at radius 1 is 1.07 bits per heavy atom. The Bertz CT molecular complexity index is 682. The van der Waals surface area contributed by atoms with Gasteiger partial charge < -0.3 is 10.1 Å². The molecule has 1 N–H and O–H groups in total. The lowest BCUT2D eigenvalue weighted by Gasteiger charge is -2.35. The van der Waals surface area contributed by atoms with Crippen LogP contribution in [0.4, 0.5) is 4.39 Å². The molecule has 0 aromatic heterocycles. The second-order valence-corrected chi connectivity index (χ2v) is 7.04. The average Bonchev–Trinajstić information content (AvgIpc) is 2.67. The Hall–Kier alpha value is -1.62. The molecule has 1 atom stereocenters. The SMILES string of the molecule is Cc1cc([C@@H](CCF)N2CCNCC2)cc(C)c1OCc1ccccc1.Cl. The van der Waals surface area contributed by atoms with Crippen molar-refractivity contribution in [3.8, 4) is 5.75 Å². The van der Waals surface area contributed by atoms with E-state index in [9.17, 15) is 4.39 Å². The molecular weight excluding hydrogens is 363 g/mol. The molecule has 0 bridgehead atoms. The lowest BCUT2D eigenvalue weighted by atomic mass is 9.96. The second kappa shape index (κ2) is 10.6. The van der Waals surface area contributed by atoms with Crippen LogP contribution < -0.4 is 10.1 Å². The van der Waals surface area contributed by atoms with Crippen molar-refractivity contribution in [1.29, 1.82) is 0 Å². The van der Waals surface area contributed by atoms with E-state index in [1.807, 2.05) is 18.2 Å². The molecule has 0 unspecified atom stereocenters. The van der Waals surface area contributed by atoms with E-state index in [2.05, 4.69) is 48.3 Å². The Labute approximate surface area is 168 Å². The fraction of sp³-hybridized carbons (Fsp3) is 0.455. The number of benzene rings is 2. The van der Waals surface area contributed by atoms with E-state index in [0.717, 1.165) is 48.6 Å². The highest BCUT2D eigenvalue weighted by molar-refractivity contribution is 5.85. The summed E-state index contributed by atoms with van der Waals surface area (Å²) in [6, 6.07) is 14.7. The molecule has 0 aliphatic carbocycles. The molecule has 27 heavy (non-hydrogen) atoms. The normalized spacial score (nSPS) is 15.8. The Kier molecular flexibility index (Phi) is 8.55. The van der Waals surface area contributed by atoms with Crippen molar-refractivity contribution in [3.63, 3.8) is 0 Å². The minimum Gasteiger partial charge on any atom is -0.488 e. The molecule has 3 nitrogen and oxygen atoms in total. The first kappa shape index (κ1) is 21.7. The number of hydrogen-bond acceptors (Lipinski definition) is 3. The molecule has 1 aliphatic rings. The molecule has 0 amide bonds. The molecular formula is C22H30ClFN2O. The number of halogens is 2. The molecule has 3 rings (SSSR count). The Morgan fingerprint density at radius 3 is 2.30 bits per heavy atom. The molecule has 1 aliphatic heterocycles. The Morgan fingerprint density at radius 2 is 1.70 bits per heavy atom. The summed E-state index contributed by atoms with van der Waals surface area (Å²) < 4.78 is 19.3. The molecule has 1 saturated heterocycles. The molecule has 0 spiro atoms. The summed E-state index contributed by atoms with van der Waals surface area (Å²) in [5.41, 5.74) is 4.60. The largest absolute Gasteiger partial charge is 0.488 e. The van der Waals surface area contributed by atoms with Gasteiger partial charge in [0.1, 0.15) is 12.4 Å². The predicted octanol–water partition coefficient (Wildman–Crippen LogP) is 4.61. The quantitative estimate of drug-likeness (QED) is 0.744. The molecule has 0 radical (unpaired) electrons. The van der Waals surface area contributed by atoms with Crippen LogP contribution in [0.3, 0.4) is 0 Å². The van der Waals surface area contributed by atoms with Crippen molar-refractivity contribution in [3.05, 3.63) is 64.7 Å². The molecule has 1 fully saturated rings. The van der Waals surface area contributed by atoms with Crippen molar-refractivity contribution in [2.75, 3.05) is 32.9 Å². The van der Waals surface area contributed by atoms with Gasteiger partial charge in [0.25, 0.3) is 0 Å². The van der Waals surface area contributed by atoms with Gasteiger partial charge in [-0.25, -0.2) is 0 Å². The van der Waals surface area contributed by atoms with Crippen molar-refractivity contribution < 1.29 is 9.13 Å². The molecule has 2 aromatic carbocycles. The van der Waals surface area contributed by atoms with Crippen LogP contribution in [-0.4, -0.2) is 37.8 Å². The number of ether oxygens (including phenoxy) is 1. The summed E-state index contributed by atoms with van der Waals surface area (Å²) in [6.07, 6.45) is 0.545. The highest BCUT2D eigenvalue weighted by Gasteiger charge is 2.23. The standard InChI is InChI=1S/C22H29FN2O.ClH/c1-17-14-20(21(8-9-23)25-12-10-24-11-13-25)15-18(2)22(17)26-16-19-6-4-3-5-7-19;/h3-7,14-15,21,24H,8-13,16H2,1-2H3;1H/t21-;/m1./s1. The van der Waals surface area contributed by atoms with Crippen LogP contribution >= 0.6 is 12.4 Å². The van der Waals surface area contributed by atoms with Gasteiger partial charge in [-0.3, -0.25) is 9.29 Å². The molecule has 5 heteroatoms. The maximum Gasteiger partial charge on any atom is 0.125 e.